The number of hydrogen-bond acceptors (Lipinski definition) is 3. The van der Waals surface area contributed by atoms with Crippen LogP contribution in [-0.4, -0.2) is 6.04 Å². The Kier molecular flexibility index (Phi) is 2.84. The summed E-state index contributed by atoms with van der Waals surface area (Å²) < 4.78 is 0. The normalized spacial score (nSPS) is 23.6. The summed E-state index contributed by atoms with van der Waals surface area (Å²) in [5, 5.41) is 7.99. The van der Waals surface area contributed by atoms with E-state index in [9.17, 15) is 0 Å². The highest BCUT2D eigenvalue weighted by atomic mass is 32.1. The minimum Gasteiger partial charge on any atom is -0.309 e. The maximum absolute atomic E-state index is 3.60. The van der Waals surface area contributed by atoms with Crippen molar-refractivity contribution >= 4 is 22.7 Å². The van der Waals surface area contributed by atoms with Crippen molar-refractivity contribution in [3.63, 3.8) is 0 Å². The van der Waals surface area contributed by atoms with E-state index < -0.39 is 0 Å². The van der Waals surface area contributed by atoms with Crippen LogP contribution in [0, 0.1) is 5.92 Å². The molecule has 1 aliphatic rings. The Morgan fingerprint density at radius 1 is 1.44 bits per heavy atom. The Bertz CT molecular complexity index is 458. The Labute approximate surface area is 104 Å². The molecular weight excluding hydrogens is 234 g/mol. The monoisotopic (exact) mass is 249 g/mol. The van der Waals surface area contributed by atoms with Crippen LogP contribution in [-0.2, 0) is 6.54 Å². The van der Waals surface area contributed by atoms with E-state index in [1.165, 1.54) is 21.7 Å². The fraction of sp³-hybridized carbons (Fsp3) is 0.385. The maximum Gasteiger partial charge on any atom is 0.0351 e. The van der Waals surface area contributed by atoms with Gasteiger partial charge in [0.05, 0.1) is 0 Å². The number of hydrogen-bond donors (Lipinski definition) is 1. The van der Waals surface area contributed by atoms with E-state index in [0.29, 0.717) is 0 Å². The molecule has 0 radical (unpaired) electrons. The predicted octanol–water partition coefficient (Wildman–Crippen LogP) is 3.97. The van der Waals surface area contributed by atoms with Crippen molar-refractivity contribution < 1.29 is 0 Å². The maximum atomic E-state index is 3.60. The second-order valence-corrected chi connectivity index (χ2v) is 6.42. The van der Waals surface area contributed by atoms with Crippen LogP contribution in [0.25, 0.3) is 10.4 Å². The number of nitrogens with one attached hydrogen (secondary N) is 1. The first-order valence-electron chi connectivity index (χ1n) is 5.67. The van der Waals surface area contributed by atoms with Gasteiger partial charge in [0.25, 0.3) is 0 Å². The van der Waals surface area contributed by atoms with Gasteiger partial charge in [0.15, 0.2) is 0 Å². The Hall–Kier alpha value is -0.640. The number of rotatable bonds is 4. The highest BCUT2D eigenvalue weighted by Crippen LogP contribution is 2.31. The molecule has 1 N–H and O–H groups in total. The molecular formula is C13H15NS2. The summed E-state index contributed by atoms with van der Waals surface area (Å²) in [6.07, 6.45) is 1.35. The van der Waals surface area contributed by atoms with Crippen LogP contribution < -0.4 is 5.32 Å². The molecule has 0 amide bonds. The van der Waals surface area contributed by atoms with E-state index in [-0.39, 0.29) is 0 Å². The van der Waals surface area contributed by atoms with Crippen molar-refractivity contribution in [2.45, 2.75) is 25.9 Å². The van der Waals surface area contributed by atoms with Crippen molar-refractivity contribution in [2.24, 2.45) is 5.92 Å². The quantitative estimate of drug-likeness (QED) is 0.864. The molecule has 1 saturated carbocycles. The van der Waals surface area contributed by atoms with E-state index >= 15 is 0 Å². The SMILES string of the molecule is CC1CC1NCc1cc(-c2cccs2)cs1. The molecule has 3 heteroatoms. The van der Waals surface area contributed by atoms with Crippen molar-refractivity contribution in [3.05, 3.63) is 33.8 Å². The summed E-state index contributed by atoms with van der Waals surface area (Å²) in [5.74, 6) is 0.886. The summed E-state index contributed by atoms with van der Waals surface area (Å²) in [6.45, 7) is 3.34. The fourth-order valence-electron chi connectivity index (χ4n) is 1.88. The Morgan fingerprint density at radius 3 is 3.00 bits per heavy atom. The molecule has 2 atom stereocenters. The van der Waals surface area contributed by atoms with Crippen LogP contribution in [0.3, 0.4) is 0 Å². The van der Waals surface area contributed by atoms with Gasteiger partial charge in [-0.2, -0.15) is 0 Å². The third-order valence-electron chi connectivity index (χ3n) is 3.11. The van der Waals surface area contributed by atoms with Gasteiger partial charge < -0.3 is 5.32 Å². The highest BCUT2D eigenvalue weighted by molar-refractivity contribution is 7.14. The molecule has 84 valence electrons. The standard InChI is InChI=1S/C13H15NS2/c1-9-5-12(9)14-7-11-6-10(8-16-11)13-3-2-4-15-13/h2-4,6,8-9,12,14H,5,7H2,1H3. The molecule has 0 spiro atoms. The van der Waals surface area contributed by atoms with E-state index in [1.54, 1.807) is 0 Å². The molecule has 2 heterocycles. The molecule has 0 aliphatic heterocycles. The molecule has 2 unspecified atom stereocenters. The largest absolute Gasteiger partial charge is 0.309 e. The highest BCUT2D eigenvalue weighted by Gasteiger charge is 2.31. The minimum absolute atomic E-state index is 0.771. The first-order valence-corrected chi connectivity index (χ1v) is 7.43. The van der Waals surface area contributed by atoms with E-state index in [2.05, 4.69) is 41.2 Å². The van der Waals surface area contributed by atoms with Gasteiger partial charge in [-0.05, 0) is 35.2 Å². The summed E-state index contributed by atoms with van der Waals surface area (Å²) in [5.41, 5.74) is 1.38. The van der Waals surface area contributed by atoms with Crippen molar-refractivity contribution in [2.75, 3.05) is 0 Å². The summed E-state index contributed by atoms with van der Waals surface area (Å²) in [4.78, 5) is 2.82. The smallest absolute Gasteiger partial charge is 0.0351 e. The van der Waals surface area contributed by atoms with Gasteiger partial charge in [0.2, 0.25) is 0 Å². The molecule has 2 aromatic rings. The first-order chi connectivity index (χ1) is 7.83. The zero-order valence-corrected chi connectivity index (χ0v) is 10.9. The van der Waals surface area contributed by atoms with Gasteiger partial charge in [-0.1, -0.05) is 13.0 Å². The second kappa shape index (κ2) is 4.32. The fourth-order valence-corrected chi connectivity index (χ4v) is 3.51. The molecule has 1 aliphatic carbocycles. The van der Waals surface area contributed by atoms with Crippen LogP contribution in [0.4, 0.5) is 0 Å². The first kappa shape index (κ1) is 10.5. The van der Waals surface area contributed by atoms with E-state index in [0.717, 1.165) is 18.5 Å². The molecule has 0 bridgehead atoms. The average Bonchev–Trinajstić information content (AvgIpc) is 2.82. The van der Waals surface area contributed by atoms with Crippen LogP contribution >= 0.6 is 22.7 Å². The van der Waals surface area contributed by atoms with Gasteiger partial charge in [0.1, 0.15) is 0 Å². The molecule has 0 aromatic carbocycles. The van der Waals surface area contributed by atoms with E-state index in [4.69, 9.17) is 0 Å². The molecule has 16 heavy (non-hydrogen) atoms. The molecule has 2 aromatic heterocycles. The predicted molar refractivity (Wildman–Crippen MR) is 72.0 cm³/mol. The summed E-state index contributed by atoms with van der Waals surface area (Å²) in [6, 6.07) is 7.39. The zero-order valence-electron chi connectivity index (χ0n) is 9.27. The zero-order chi connectivity index (χ0) is 11.0. The molecule has 0 saturated heterocycles. The van der Waals surface area contributed by atoms with Crippen molar-refractivity contribution in [1.82, 2.24) is 5.32 Å². The van der Waals surface area contributed by atoms with Gasteiger partial charge in [-0.15, -0.1) is 22.7 Å². The lowest BCUT2D eigenvalue weighted by atomic mass is 10.2. The Balaban J connectivity index is 1.64. The third-order valence-corrected chi connectivity index (χ3v) is 4.96. The second-order valence-electron chi connectivity index (χ2n) is 4.48. The van der Waals surface area contributed by atoms with Gasteiger partial charge in [-0.3, -0.25) is 0 Å². The lowest BCUT2D eigenvalue weighted by Crippen LogP contribution is -2.16. The van der Waals surface area contributed by atoms with Gasteiger partial charge >= 0.3 is 0 Å². The number of thiophene rings is 2. The molecule has 1 nitrogen and oxygen atoms in total. The van der Waals surface area contributed by atoms with Gasteiger partial charge in [0, 0.05) is 27.9 Å². The Morgan fingerprint density at radius 2 is 2.31 bits per heavy atom. The van der Waals surface area contributed by atoms with Gasteiger partial charge in [-0.25, -0.2) is 0 Å². The molecule has 3 rings (SSSR count). The summed E-state index contributed by atoms with van der Waals surface area (Å²) in [7, 11) is 0. The van der Waals surface area contributed by atoms with Crippen molar-refractivity contribution in [3.8, 4) is 10.4 Å². The lowest BCUT2D eigenvalue weighted by molar-refractivity contribution is 0.658. The van der Waals surface area contributed by atoms with Crippen LogP contribution in [0.15, 0.2) is 29.0 Å². The third kappa shape index (κ3) is 2.21. The van der Waals surface area contributed by atoms with Crippen LogP contribution in [0.1, 0.15) is 18.2 Å². The molecule has 1 fully saturated rings. The van der Waals surface area contributed by atoms with Crippen LogP contribution in [0.5, 0.6) is 0 Å². The lowest BCUT2D eigenvalue weighted by Gasteiger charge is -1.99. The minimum atomic E-state index is 0.771. The van der Waals surface area contributed by atoms with E-state index in [1.807, 2.05) is 22.7 Å². The van der Waals surface area contributed by atoms with Crippen molar-refractivity contribution in [1.29, 1.82) is 0 Å². The topological polar surface area (TPSA) is 12.0 Å². The summed E-state index contributed by atoms with van der Waals surface area (Å²) >= 11 is 3.68. The van der Waals surface area contributed by atoms with Crippen LogP contribution in [0.2, 0.25) is 0 Å². The average molecular weight is 249 g/mol.